The first-order valence-electron chi connectivity index (χ1n) is 4.33. The highest BCUT2D eigenvalue weighted by Gasteiger charge is 2.12. The Kier molecular flexibility index (Phi) is 3.24. The normalized spacial score (nSPS) is 11.8. The molecule has 0 aliphatic rings. The number of H-pyrrole nitrogens is 1. The van der Waals surface area contributed by atoms with Crippen molar-refractivity contribution in [2.45, 2.75) is 26.3 Å². The van der Waals surface area contributed by atoms with Crippen LogP contribution in [0.1, 0.15) is 29.4 Å². The van der Waals surface area contributed by atoms with Crippen molar-refractivity contribution in [3.8, 4) is 6.07 Å². The third-order valence-electron chi connectivity index (χ3n) is 1.83. The van der Waals surface area contributed by atoms with E-state index in [1.165, 1.54) is 0 Å². The lowest BCUT2D eigenvalue weighted by Crippen LogP contribution is -2.32. The number of amides is 1. The number of rotatable bonds is 3. The first kappa shape index (κ1) is 10.3. The number of nitrogens with zero attached hydrogens (tertiary/aromatic N) is 2. The van der Waals surface area contributed by atoms with Gasteiger partial charge in [0.15, 0.2) is 0 Å². The van der Waals surface area contributed by atoms with Gasteiger partial charge in [0.25, 0.3) is 5.91 Å². The molecule has 0 fully saturated rings. The second-order valence-corrected chi connectivity index (χ2v) is 3.16. The van der Waals surface area contributed by atoms with Crippen LogP contribution in [-0.2, 0) is 0 Å². The number of aromatic amines is 1. The first-order valence-corrected chi connectivity index (χ1v) is 4.33. The van der Waals surface area contributed by atoms with E-state index in [0.717, 1.165) is 5.56 Å². The van der Waals surface area contributed by atoms with Crippen LogP contribution in [0, 0.1) is 18.3 Å². The molecule has 0 saturated heterocycles. The van der Waals surface area contributed by atoms with Gasteiger partial charge < -0.3 is 5.32 Å². The predicted molar refractivity (Wildman–Crippen MR) is 50.5 cm³/mol. The molecular formula is C9H12N4O. The van der Waals surface area contributed by atoms with Gasteiger partial charge in [-0.05, 0) is 19.4 Å². The van der Waals surface area contributed by atoms with Gasteiger partial charge in [-0.15, -0.1) is 0 Å². The van der Waals surface area contributed by atoms with Crippen LogP contribution < -0.4 is 5.32 Å². The Morgan fingerprint density at radius 2 is 2.57 bits per heavy atom. The van der Waals surface area contributed by atoms with Crippen molar-refractivity contribution in [2.75, 3.05) is 0 Å². The zero-order valence-corrected chi connectivity index (χ0v) is 8.16. The Hall–Kier alpha value is -1.83. The zero-order chi connectivity index (χ0) is 10.6. The summed E-state index contributed by atoms with van der Waals surface area (Å²) in [5.41, 5.74) is 1.25. The van der Waals surface area contributed by atoms with Crippen molar-refractivity contribution in [1.82, 2.24) is 15.5 Å². The van der Waals surface area contributed by atoms with Crippen LogP contribution in [0.5, 0.6) is 0 Å². The van der Waals surface area contributed by atoms with Crippen molar-refractivity contribution in [3.05, 3.63) is 17.5 Å². The lowest BCUT2D eigenvalue weighted by Gasteiger charge is -2.08. The standard InChI is InChI=1S/C9H12N4O/c1-6-5-11-13-8(6)9(14)12-7(2)3-4-10/h5,7H,3H2,1-2H3,(H,11,13)(H,12,14). The highest BCUT2D eigenvalue weighted by atomic mass is 16.2. The van der Waals surface area contributed by atoms with Gasteiger partial charge in [0.2, 0.25) is 0 Å². The van der Waals surface area contributed by atoms with Gasteiger partial charge in [0.05, 0.1) is 18.7 Å². The average Bonchev–Trinajstić information content (AvgIpc) is 2.51. The summed E-state index contributed by atoms with van der Waals surface area (Å²) in [7, 11) is 0. The Morgan fingerprint density at radius 3 is 3.07 bits per heavy atom. The minimum Gasteiger partial charge on any atom is -0.347 e. The molecule has 1 atom stereocenters. The quantitative estimate of drug-likeness (QED) is 0.741. The molecule has 1 rings (SSSR count). The minimum absolute atomic E-state index is 0.143. The Bertz CT molecular complexity index is 363. The molecule has 5 heteroatoms. The van der Waals surface area contributed by atoms with E-state index in [-0.39, 0.29) is 11.9 Å². The second kappa shape index (κ2) is 4.42. The molecule has 0 spiro atoms. The van der Waals surface area contributed by atoms with Crippen LogP contribution in [0.3, 0.4) is 0 Å². The predicted octanol–water partition coefficient (Wildman–Crippen LogP) is 0.750. The molecule has 0 aliphatic heterocycles. The molecule has 2 N–H and O–H groups in total. The number of nitrogens with one attached hydrogen (secondary N) is 2. The van der Waals surface area contributed by atoms with Crippen molar-refractivity contribution in [2.24, 2.45) is 0 Å². The maximum absolute atomic E-state index is 11.5. The topological polar surface area (TPSA) is 81.6 Å². The van der Waals surface area contributed by atoms with Gasteiger partial charge >= 0.3 is 0 Å². The van der Waals surface area contributed by atoms with E-state index in [1.54, 1.807) is 20.0 Å². The smallest absolute Gasteiger partial charge is 0.269 e. The van der Waals surface area contributed by atoms with E-state index < -0.39 is 0 Å². The molecule has 1 amide bonds. The number of hydrogen-bond acceptors (Lipinski definition) is 3. The Balaban J connectivity index is 2.60. The first-order chi connectivity index (χ1) is 6.65. The van der Waals surface area contributed by atoms with Gasteiger partial charge in [-0.1, -0.05) is 0 Å². The third-order valence-corrected chi connectivity index (χ3v) is 1.83. The molecule has 74 valence electrons. The number of nitriles is 1. The summed E-state index contributed by atoms with van der Waals surface area (Å²) < 4.78 is 0. The van der Waals surface area contributed by atoms with Gasteiger partial charge in [-0.3, -0.25) is 9.89 Å². The van der Waals surface area contributed by atoms with Gasteiger partial charge in [0, 0.05) is 6.04 Å². The van der Waals surface area contributed by atoms with E-state index in [4.69, 9.17) is 5.26 Å². The number of hydrogen-bond donors (Lipinski definition) is 2. The zero-order valence-electron chi connectivity index (χ0n) is 8.16. The molecule has 1 aromatic rings. The summed E-state index contributed by atoms with van der Waals surface area (Å²) in [4.78, 5) is 11.5. The maximum atomic E-state index is 11.5. The van der Waals surface area contributed by atoms with Crippen LogP contribution in [-0.4, -0.2) is 22.1 Å². The number of aryl methyl sites for hydroxylation is 1. The Labute approximate surface area is 82.1 Å². The van der Waals surface area contributed by atoms with E-state index in [1.807, 2.05) is 6.07 Å². The van der Waals surface area contributed by atoms with Crippen molar-refractivity contribution in [3.63, 3.8) is 0 Å². The van der Waals surface area contributed by atoms with Crippen LogP contribution in [0.25, 0.3) is 0 Å². The van der Waals surface area contributed by atoms with Crippen LogP contribution in [0.4, 0.5) is 0 Å². The van der Waals surface area contributed by atoms with Crippen molar-refractivity contribution in [1.29, 1.82) is 5.26 Å². The van der Waals surface area contributed by atoms with Crippen LogP contribution in [0.2, 0.25) is 0 Å². The van der Waals surface area contributed by atoms with Gasteiger partial charge in [-0.2, -0.15) is 10.4 Å². The van der Waals surface area contributed by atoms with E-state index in [0.29, 0.717) is 12.1 Å². The fraction of sp³-hybridized carbons (Fsp3) is 0.444. The SMILES string of the molecule is Cc1cn[nH]c1C(=O)NC(C)CC#N. The summed E-state index contributed by atoms with van der Waals surface area (Å²) in [5.74, 6) is -0.220. The number of carbonyl (C=O) groups is 1. The summed E-state index contributed by atoms with van der Waals surface area (Å²) in [6.45, 7) is 3.58. The third kappa shape index (κ3) is 2.33. The molecule has 1 aromatic heterocycles. The molecule has 0 saturated carbocycles. The molecular weight excluding hydrogens is 180 g/mol. The fourth-order valence-electron chi connectivity index (χ4n) is 1.06. The van der Waals surface area contributed by atoms with Crippen LogP contribution >= 0.6 is 0 Å². The molecule has 5 nitrogen and oxygen atoms in total. The highest BCUT2D eigenvalue weighted by molar-refractivity contribution is 5.93. The highest BCUT2D eigenvalue weighted by Crippen LogP contribution is 2.02. The molecule has 1 heterocycles. The van der Waals surface area contributed by atoms with E-state index in [2.05, 4.69) is 15.5 Å². The molecule has 0 aromatic carbocycles. The molecule has 0 radical (unpaired) electrons. The monoisotopic (exact) mass is 192 g/mol. The van der Waals surface area contributed by atoms with Gasteiger partial charge in [-0.25, -0.2) is 0 Å². The lowest BCUT2D eigenvalue weighted by molar-refractivity contribution is 0.0935. The summed E-state index contributed by atoms with van der Waals surface area (Å²) in [6, 6.07) is 1.85. The maximum Gasteiger partial charge on any atom is 0.269 e. The molecule has 14 heavy (non-hydrogen) atoms. The molecule has 0 bridgehead atoms. The molecule has 1 unspecified atom stereocenters. The Morgan fingerprint density at radius 1 is 1.86 bits per heavy atom. The minimum atomic E-state index is -0.220. The lowest BCUT2D eigenvalue weighted by atomic mass is 10.2. The summed E-state index contributed by atoms with van der Waals surface area (Å²) in [5, 5.41) is 17.5. The second-order valence-electron chi connectivity index (χ2n) is 3.16. The van der Waals surface area contributed by atoms with Gasteiger partial charge in [0.1, 0.15) is 5.69 Å². The fourth-order valence-corrected chi connectivity index (χ4v) is 1.06. The van der Waals surface area contributed by atoms with E-state index in [9.17, 15) is 4.79 Å². The summed E-state index contributed by atoms with van der Waals surface area (Å²) >= 11 is 0. The van der Waals surface area contributed by atoms with E-state index >= 15 is 0 Å². The van der Waals surface area contributed by atoms with Crippen LogP contribution in [0.15, 0.2) is 6.20 Å². The van der Waals surface area contributed by atoms with Crippen molar-refractivity contribution < 1.29 is 4.79 Å². The number of aromatic nitrogens is 2. The summed E-state index contributed by atoms with van der Waals surface area (Å²) in [6.07, 6.45) is 1.89. The van der Waals surface area contributed by atoms with Crippen molar-refractivity contribution >= 4 is 5.91 Å². The number of carbonyl (C=O) groups excluding carboxylic acids is 1. The average molecular weight is 192 g/mol. The largest absolute Gasteiger partial charge is 0.347 e. The molecule has 0 aliphatic carbocycles.